The number of aryl methyl sites for hydroxylation is 1. The van der Waals surface area contributed by atoms with E-state index < -0.39 is 28.0 Å². The summed E-state index contributed by atoms with van der Waals surface area (Å²) >= 11 is 1.10. The van der Waals surface area contributed by atoms with Gasteiger partial charge in [-0.1, -0.05) is 11.3 Å². The second kappa shape index (κ2) is 9.02. The Balaban J connectivity index is 1.70. The van der Waals surface area contributed by atoms with E-state index in [0.29, 0.717) is 15.7 Å². The van der Waals surface area contributed by atoms with E-state index in [9.17, 15) is 22.4 Å². The molecule has 10 nitrogen and oxygen atoms in total. The average molecular weight is 458 g/mol. The van der Waals surface area contributed by atoms with Crippen LogP contribution in [-0.2, 0) is 26.0 Å². The molecule has 1 aromatic heterocycles. The standard InChI is InChI=1S/C17H20FN5O5S2/c1-10(24)20-8-12-9-23(17(25)28-12)11-3-4-13(14(18)7-11)16-22-21-15(29-16)5-6-30(26,27)19-2/h3-4,7,12,19H,5-6,8-9H2,1-2H3,(H,20,24). The lowest BCUT2D eigenvalue weighted by Gasteiger charge is -2.14. The summed E-state index contributed by atoms with van der Waals surface area (Å²) < 4.78 is 45.1. The van der Waals surface area contributed by atoms with Gasteiger partial charge < -0.3 is 10.1 Å². The Bertz CT molecular complexity index is 1060. The number of anilines is 1. The van der Waals surface area contributed by atoms with Crippen molar-refractivity contribution in [2.75, 3.05) is 30.8 Å². The second-order valence-corrected chi connectivity index (χ2v) is 9.60. The number of halogens is 1. The normalized spacial score (nSPS) is 16.6. The van der Waals surface area contributed by atoms with Gasteiger partial charge in [0.15, 0.2) is 5.01 Å². The molecule has 1 unspecified atom stereocenters. The van der Waals surface area contributed by atoms with Gasteiger partial charge in [0.2, 0.25) is 15.9 Å². The fourth-order valence-corrected chi connectivity index (χ4v) is 4.39. The monoisotopic (exact) mass is 457 g/mol. The Morgan fingerprint density at radius 3 is 2.83 bits per heavy atom. The summed E-state index contributed by atoms with van der Waals surface area (Å²) in [5.41, 5.74) is 0.512. The van der Waals surface area contributed by atoms with Crippen LogP contribution in [0.3, 0.4) is 0 Å². The van der Waals surface area contributed by atoms with Crippen molar-refractivity contribution in [2.45, 2.75) is 19.4 Å². The predicted octanol–water partition coefficient (Wildman–Crippen LogP) is 0.897. The summed E-state index contributed by atoms with van der Waals surface area (Å²) in [5, 5.41) is 11.2. The number of sulfonamides is 1. The van der Waals surface area contributed by atoms with Gasteiger partial charge in [0, 0.05) is 18.9 Å². The molecule has 2 heterocycles. The highest BCUT2D eigenvalue weighted by molar-refractivity contribution is 7.89. The lowest BCUT2D eigenvalue weighted by Crippen LogP contribution is -2.33. The summed E-state index contributed by atoms with van der Waals surface area (Å²) in [6.07, 6.45) is -0.985. The molecular formula is C17H20FN5O5S2. The van der Waals surface area contributed by atoms with Gasteiger partial charge in [0.05, 0.1) is 24.5 Å². The third kappa shape index (κ3) is 5.29. The number of cyclic esters (lactones) is 1. The molecule has 0 bridgehead atoms. The number of rotatable bonds is 8. The summed E-state index contributed by atoms with van der Waals surface area (Å²) in [6.45, 7) is 1.72. The van der Waals surface area contributed by atoms with Crippen LogP contribution in [-0.4, -0.2) is 62.6 Å². The maximum Gasteiger partial charge on any atom is 0.414 e. The lowest BCUT2D eigenvalue weighted by atomic mass is 10.2. The largest absolute Gasteiger partial charge is 0.442 e. The second-order valence-electron chi connectivity index (χ2n) is 6.49. The topological polar surface area (TPSA) is 131 Å². The van der Waals surface area contributed by atoms with Crippen LogP contribution in [0.25, 0.3) is 10.6 Å². The molecule has 1 aromatic carbocycles. The van der Waals surface area contributed by atoms with E-state index in [4.69, 9.17) is 4.74 Å². The minimum absolute atomic E-state index is 0.143. The molecule has 1 aliphatic rings. The van der Waals surface area contributed by atoms with Crippen LogP contribution < -0.4 is 14.9 Å². The van der Waals surface area contributed by atoms with Crippen molar-refractivity contribution in [2.24, 2.45) is 0 Å². The van der Waals surface area contributed by atoms with Crippen molar-refractivity contribution in [3.63, 3.8) is 0 Å². The fourth-order valence-electron chi connectivity index (χ4n) is 2.73. The van der Waals surface area contributed by atoms with E-state index in [-0.39, 0.29) is 36.7 Å². The third-order valence-electron chi connectivity index (χ3n) is 4.31. The highest BCUT2D eigenvalue weighted by Crippen LogP contribution is 2.30. The minimum Gasteiger partial charge on any atom is -0.442 e. The maximum atomic E-state index is 14.7. The summed E-state index contributed by atoms with van der Waals surface area (Å²) in [4.78, 5) is 24.4. The number of nitrogens with zero attached hydrogens (tertiary/aromatic N) is 3. The molecule has 1 aliphatic heterocycles. The molecule has 1 saturated heterocycles. The summed E-state index contributed by atoms with van der Waals surface area (Å²) in [7, 11) is -2.04. The van der Waals surface area contributed by atoms with Crippen molar-refractivity contribution in [1.29, 1.82) is 0 Å². The number of hydrogen-bond donors (Lipinski definition) is 2. The molecule has 0 saturated carbocycles. The number of carbonyl (C=O) groups excluding carboxylic acids is 2. The zero-order chi connectivity index (χ0) is 21.9. The quantitative estimate of drug-likeness (QED) is 0.602. The molecule has 1 fully saturated rings. The van der Waals surface area contributed by atoms with Gasteiger partial charge in [0.25, 0.3) is 0 Å². The minimum atomic E-state index is -3.37. The molecule has 0 radical (unpaired) electrons. The van der Waals surface area contributed by atoms with Gasteiger partial charge in [-0.25, -0.2) is 22.3 Å². The van der Waals surface area contributed by atoms with Crippen molar-refractivity contribution in [3.05, 3.63) is 29.0 Å². The van der Waals surface area contributed by atoms with Gasteiger partial charge in [0.1, 0.15) is 16.9 Å². The molecule has 162 valence electrons. The molecular weight excluding hydrogens is 437 g/mol. The number of hydrogen-bond acceptors (Lipinski definition) is 8. The van der Waals surface area contributed by atoms with Crippen LogP contribution in [0.15, 0.2) is 18.2 Å². The van der Waals surface area contributed by atoms with Crippen molar-refractivity contribution in [3.8, 4) is 10.6 Å². The molecule has 2 N–H and O–H groups in total. The van der Waals surface area contributed by atoms with E-state index in [1.54, 1.807) is 6.07 Å². The van der Waals surface area contributed by atoms with E-state index in [0.717, 1.165) is 11.3 Å². The van der Waals surface area contributed by atoms with E-state index >= 15 is 0 Å². The first kappa shape index (κ1) is 22.1. The smallest absolute Gasteiger partial charge is 0.414 e. The van der Waals surface area contributed by atoms with Gasteiger partial charge in [-0.3, -0.25) is 9.69 Å². The Kier molecular flexibility index (Phi) is 6.63. The van der Waals surface area contributed by atoms with E-state index in [2.05, 4.69) is 20.2 Å². The van der Waals surface area contributed by atoms with Crippen LogP contribution in [0.1, 0.15) is 11.9 Å². The van der Waals surface area contributed by atoms with Crippen molar-refractivity contribution < 1.29 is 27.1 Å². The molecule has 1 atom stereocenters. The highest BCUT2D eigenvalue weighted by atomic mass is 32.2. The highest BCUT2D eigenvalue weighted by Gasteiger charge is 2.32. The molecule has 2 amide bonds. The Morgan fingerprint density at radius 1 is 1.40 bits per heavy atom. The van der Waals surface area contributed by atoms with Crippen molar-refractivity contribution in [1.82, 2.24) is 20.2 Å². The fraction of sp³-hybridized carbons (Fsp3) is 0.412. The molecule has 0 aliphatic carbocycles. The number of nitrogens with one attached hydrogen (secondary N) is 2. The summed E-state index contributed by atoms with van der Waals surface area (Å²) in [5.74, 6) is -0.980. The van der Waals surface area contributed by atoms with Crippen molar-refractivity contribution >= 4 is 39.0 Å². The van der Waals surface area contributed by atoms with E-state index in [1.165, 1.54) is 31.0 Å². The maximum absolute atomic E-state index is 14.7. The number of aromatic nitrogens is 2. The van der Waals surface area contributed by atoms with Gasteiger partial charge in [-0.2, -0.15) is 0 Å². The van der Waals surface area contributed by atoms with Crippen LogP contribution >= 0.6 is 11.3 Å². The van der Waals surface area contributed by atoms with Gasteiger partial charge >= 0.3 is 6.09 Å². The zero-order valence-corrected chi connectivity index (χ0v) is 17.8. The molecule has 3 rings (SSSR count). The predicted molar refractivity (Wildman–Crippen MR) is 108 cm³/mol. The average Bonchev–Trinajstić information content (AvgIpc) is 3.31. The Labute approximate surface area is 176 Å². The zero-order valence-electron chi connectivity index (χ0n) is 16.2. The third-order valence-corrected chi connectivity index (χ3v) is 6.69. The van der Waals surface area contributed by atoms with Crippen LogP contribution in [0.5, 0.6) is 0 Å². The molecule has 30 heavy (non-hydrogen) atoms. The SMILES string of the molecule is CNS(=O)(=O)CCc1nnc(-c2ccc(N3CC(CNC(C)=O)OC3=O)cc2F)s1. The molecule has 13 heteroatoms. The van der Waals surface area contributed by atoms with Crippen LogP contribution in [0.4, 0.5) is 14.9 Å². The number of ether oxygens (including phenoxy) is 1. The number of carbonyl (C=O) groups is 2. The Hall–Kier alpha value is -2.64. The first-order valence-corrected chi connectivity index (χ1v) is 11.4. The first-order chi connectivity index (χ1) is 14.2. The lowest BCUT2D eigenvalue weighted by molar-refractivity contribution is -0.119. The number of benzene rings is 1. The van der Waals surface area contributed by atoms with Gasteiger partial charge in [-0.15, -0.1) is 10.2 Å². The first-order valence-electron chi connectivity index (χ1n) is 8.94. The molecule has 0 spiro atoms. The molecule has 2 aromatic rings. The number of amides is 2. The summed E-state index contributed by atoms with van der Waals surface area (Å²) in [6, 6.07) is 4.24. The van der Waals surface area contributed by atoms with Crippen LogP contribution in [0.2, 0.25) is 0 Å². The Morgan fingerprint density at radius 2 is 2.17 bits per heavy atom. The van der Waals surface area contributed by atoms with Gasteiger partial charge in [-0.05, 0) is 25.2 Å². The van der Waals surface area contributed by atoms with Crippen LogP contribution in [0, 0.1) is 5.82 Å². The van der Waals surface area contributed by atoms with E-state index in [1.807, 2.05) is 0 Å².